The van der Waals surface area contributed by atoms with E-state index in [1.54, 1.807) is 36.4 Å². The lowest BCUT2D eigenvalue weighted by atomic mass is 9.98. The molecule has 0 bridgehead atoms. The zero-order valence-electron chi connectivity index (χ0n) is 17.3. The summed E-state index contributed by atoms with van der Waals surface area (Å²) in [5, 5.41) is -0.532. The Labute approximate surface area is 181 Å². The fourth-order valence-electron chi connectivity index (χ4n) is 3.32. The average Bonchev–Trinajstić information content (AvgIpc) is 2.74. The maximum atomic E-state index is 13.4. The first-order valence-electron chi connectivity index (χ1n) is 9.59. The van der Waals surface area contributed by atoms with Crippen LogP contribution in [0, 0.1) is 6.92 Å². The number of carbonyl (C=O) groups is 1. The van der Waals surface area contributed by atoms with Gasteiger partial charge in [-0.1, -0.05) is 78.4 Å². The smallest absolute Gasteiger partial charge is 0.241 e. The molecule has 0 spiro atoms. The highest BCUT2D eigenvalue weighted by Crippen LogP contribution is 2.28. The zero-order valence-corrected chi connectivity index (χ0v) is 18.9. The van der Waals surface area contributed by atoms with Crippen LogP contribution in [0.4, 0.5) is 0 Å². The lowest BCUT2D eigenvalue weighted by molar-refractivity contribution is 0.0978. The van der Waals surface area contributed by atoms with Crippen molar-refractivity contribution in [1.29, 1.82) is 0 Å². The Hall–Kier alpha value is -2.41. The van der Waals surface area contributed by atoms with Crippen LogP contribution in [-0.4, -0.2) is 32.0 Å². The number of Topliss-reactive ketones (excluding diaryl/α,β-unsaturated/α-hetero) is 1. The molecule has 0 aliphatic heterocycles. The van der Waals surface area contributed by atoms with Gasteiger partial charge in [-0.2, -0.15) is 4.72 Å². The van der Waals surface area contributed by atoms with Crippen molar-refractivity contribution in [2.24, 2.45) is 0 Å². The van der Waals surface area contributed by atoms with E-state index >= 15 is 0 Å². The molecule has 0 aliphatic carbocycles. The number of ketones is 1. The van der Waals surface area contributed by atoms with E-state index in [0.717, 1.165) is 11.1 Å². The molecule has 0 saturated heterocycles. The lowest BCUT2D eigenvalue weighted by Crippen LogP contribution is -2.44. The van der Waals surface area contributed by atoms with Gasteiger partial charge in [0.25, 0.3) is 0 Å². The van der Waals surface area contributed by atoms with Crippen molar-refractivity contribution in [2.75, 3.05) is 12.5 Å². The number of sulfonamides is 1. The Morgan fingerprint density at radius 2 is 1.37 bits per heavy atom. The number of carbonyl (C=O) groups excluding carboxylic acids is 1. The molecule has 0 heterocycles. The molecule has 2 atom stereocenters. The highest BCUT2D eigenvalue weighted by molar-refractivity contribution is 7.97. The molecule has 3 aromatic rings. The monoisotopic (exact) mass is 440 g/mol. The van der Waals surface area contributed by atoms with Crippen LogP contribution in [0.15, 0.2) is 89.8 Å². The number of hydrogen-bond acceptors (Lipinski definition) is 3. The molecule has 0 amide bonds. The molecule has 3 aromatic carbocycles. The molecule has 0 fully saturated rings. The minimum atomic E-state index is -3.82. The highest BCUT2D eigenvalue weighted by atomic mass is 32.2. The fourth-order valence-corrected chi connectivity index (χ4v) is 5.98. The molecule has 2 unspecified atom stereocenters. The van der Waals surface area contributed by atoms with Gasteiger partial charge in [0, 0.05) is 5.56 Å². The third-order valence-electron chi connectivity index (χ3n) is 4.90. The summed E-state index contributed by atoms with van der Waals surface area (Å²) in [5.41, 5.74) is 2.33. The van der Waals surface area contributed by atoms with Crippen molar-refractivity contribution in [3.05, 3.63) is 102 Å². The molecule has 0 aromatic heterocycles. The predicted octanol–water partition coefficient (Wildman–Crippen LogP) is 4.14. The third-order valence-corrected chi connectivity index (χ3v) is 7.86. The van der Waals surface area contributed by atoms with Gasteiger partial charge in [-0.25, -0.2) is 8.42 Å². The topological polar surface area (TPSA) is 63.2 Å². The molecule has 3 rings (SSSR count). The third kappa shape index (κ3) is 5.19. The molecule has 4 nitrogen and oxygen atoms in total. The first-order chi connectivity index (χ1) is 14.3. The van der Waals surface area contributed by atoms with E-state index in [1.807, 2.05) is 68.0 Å². The van der Waals surface area contributed by atoms with Crippen LogP contribution >= 0.6 is 0 Å². The van der Waals surface area contributed by atoms with Crippen LogP contribution in [0.5, 0.6) is 0 Å². The minimum absolute atomic E-state index is 0.0654. The standard InChI is InChI=1S/C24H26NO3S2/c1-18-14-16-21(17-15-18)30(27,28)25-22(19-10-6-4-7-11-19)24(29(2)3)23(26)20-12-8-5-9-13-20/h4-17,22,24-25H,1-3H3/q+1. The van der Waals surface area contributed by atoms with E-state index < -0.39 is 21.3 Å². The van der Waals surface area contributed by atoms with Gasteiger partial charge < -0.3 is 0 Å². The van der Waals surface area contributed by atoms with Gasteiger partial charge in [0.2, 0.25) is 15.8 Å². The molecule has 30 heavy (non-hydrogen) atoms. The Morgan fingerprint density at radius 1 is 0.833 bits per heavy atom. The Kier molecular flexibility index (Phi) is 7.13. The summed E-state index contributed by atoms with van der Waals surface area (Å²) >= 11 is 0. The molecular weight excluding hydrogens is 414 g/mol. The van der Waals surface area contributed by atoms with Crippen LogP contribution in [0.3, 0.4) is 0 Å². The van der Waals surface area contributed by atoms with Crippen molar-refractivity contribution in [2.45, 2.75) is 23.1 Å². The summed E-state index contributed by atoms with van der Waals surface area (Å²) in [6.45, 7) is 1.91. The summed E-state index contributed by atoms with van der Waals surface area (Å²) in [6.07, 6.45) is 3.95. The summed E-state index contributed by atoms with van der Waals surface area (Å²) in [6, 6.07) is 24.4. The maximum absolute atomic E-state index is 13.4. The molecule has 0 aliphatic rings. The number of hydrogen-bond donors (Lipinski definition) is 1. The second-order valence-electron chi connectivity index (χ2n) is 7.35. The Bertz CT molecular complexity index is 1080. The quantitative estimate of drug-likeness (QED) is 0.423. The number of rotatable bonds is 8. The van der Waals surface area contributed by atoms with Crippen molar-refractivity contribution in [3.63, 3.8) is 0 Å². The summed E-state index contributed by atoms with van der Waals surface area (Å²) in [4.78, 5) is 13.6. The first kappa shape index (κ1) is 22.3. The van der Waals surface area contributed by atoms with Crippen LogP contribution in [0.1, 0.15) is 27.5 Å². The van der Waals surface area contributed by atoms with Crippen LogP contribution in [0.2, 0.25) is 0 Å². The number of aryl methyl sites for hydroxylation is 1. The van der Waals surface area contributed by atoms with E-state index in [-0.39, 0.29) is 21.6 Å². The largest absolute Gasteiger partial charge is 0.288 e. The van der Waals surface area contributed by atoms with Gasteiger partial charge in [0.05, 0.1) is 17.4 Å². The van der Waals surface area contributed by atoms with E-state index in [9.17, 15) is 13.2 Å². The molecule has 156 valence electrons. The second-order valence-corrected chi connectivity index (χ2v) is 11.3. The van der Waals surface area contributed by atoms with Gasteiger partial charge in [-0.05, 0) is 35.5 Å². The SMILES string of the molecule is Cc1ccc(S(=O)(=O)NC(c2ccccc2)C(C(=O)c2ccccc2)[S+](C)C)cc1. The summed E-state index contributed by atoms with van der Waals surface area (Å²) in [7, 11) is -4.20. The first-order valence-corrected chi connectivity index (χ1v) is 13.2. The van der Waals surface area contributed by atoms with Gasteiger partial charge in [0.15, 0.2) is 5.25 Å². The van der Waals surface area contributed by atoms with Gasteiger partial charge in [-0.15, -0.1) is 0 Å². The fraction of sp³-hybridized carbons (Fsp3) is 0.208. The van der Waals surface area contributed by atoms with E-state index in [2.05, 4.69) is 4.72 Å². The lowest BCUT2D eigenvalue weighted by Gasteiger charge is -2.25. The van der Waals surface area contributed by atoms with Crippen LogP contribution < -0.4 is 4.72 Å². The average molecular weight is 441 g/mol. The second kappa shape index (κ2) is 9.60. The van der Waals surface area contributed by atoms with Crippen LogP contribution in [-0.2, 0) is 20.9 Å². The number of nitrogens with one attached hydrogen (secondary N) is 1. The maximum Gasteiger partial charge on any atom is 0.241 e. The molecular formula is C24H26NO3S2+. The van der Waals surface area contributed by atoms with E-state index in [0.29, 0.717) is 5.56 Å². The van der Waals surface area contributed by atoms with Crippen molar-refractivity contribution in [3.8, 4) is 0 Å². The van der Waals surface area contributed by atoms with E-state index in [4.69, 9.17) is 0 Å². The van der Waals surface area contributed by atoms with Gasteiger partial charge in [0.1, 0.15) is 6.04 Å². The van der Waals surface area contributed by atoms with Crippen molar-refractivity contribution < 1.29 is 13.2 Å². The Balaban J connectivity index is 2.05. The van der Waals surface area contributed by atoms with E-state index in [1.165, 1.54) is 0 Å². The Morgan fingerprint density at radius 3 is 1.90 bits per heavy atom. The summed E-state index contributed by atoms with van der Waals surface area (Å²) in [5.74, 6) is -0.0654. The number of benzene rings is 3. The molecule has 1 N–H and O–H groups in total. The van der Waals surface area contributed by atoms with Crippen molar-refractivity contribution >= 4 is 26.7 Å². The van der Waals surface area contributed by atoms with Crippen LogP contribution in [0.25, 0.3) is 0 Å². The predicted molar refractivity (Wildman–Crippen MR) is 124 cm³/mol. The molecule has 0 saturated carbocycles. The molecule has 6 heteroatoms. The molecule has 0 radical (unpaired) electrons. The highest BCUT2D eigenvalue weighted by Gasteiger charge is 2.41. The summed E-state index contributed by atoms with van der Waals surface area (Å²) < 4.78 is 29.2. The minimum Gasteiger partial charge on any atom is -0.288 e. The normalized spacial score (nSPS) is 13.7. The van der Waals surface area contributed by atoms with Gasteiger partial charge in [-0.3, -0.25) is 4.79 Å². The zero-order chi connectivity index (χ0) is 21.7. The van der Waals surface area contributed by atoms with Gasteiger partial charge >= 0.3 is 0 Å². The van der Waals surface area contributed by atoms with Crippen molar-refractivity contribution in [1.82, 2.24) is 4.72 Å².